The summed E-state index contributed by atoms with van der Waals surface area (Å²) in [7, 11) is 0. The maximum Gasteiger partial charge on any atom is 0.142 e. The topological polar surface area (TPSA) is 59.0 Å². The molecule has 0 aromatic heterocycles. The van der Waals surface area contributed by atoms with Crippen molar-refractivity contribution in [1.29, 1.82) is 5.26 Å². The van der Waals surface area contributed by atoms with E-state index in [1.54, 1.807) is 18.2 Å². The van der Waals surface area contributed by atoms with Gasteiger partial charge in [-0.1, -0.05) is 20.3 Å². The van der Waals surface area contributed by atoms with Crippen LogP contribution in [0.2, 0.25) is 0 Å². The van der Waals surface area contributed by atoms with Crippen LogP contribution in [0.25, 0.3) is 0 Å². The monoisotopic (exact) mass is 218 g/mol. The minimum atomic E-state index is 0.528. The Labute approximate surface area is 96.8 Å². The van der Waals surface area contributed by atoms with Crippen LogP contribution in [0.3, 0.4) is 0 Å². The molecule has 0 aliphatic rings. The lowest BCUT2D eigenvalue weighted by molar-refractivity contribution is 0.253. The molecule has 0 aliphatic heterocycles. The summed E-state index contributed by atoms with van der Waals surface area (Å²) in [6.45, 7) is 4.99. The van der Waals surface area contributed by atoms with Crippen molar-refractivity contribution in [3.05, 3.63) is 23.8 Å². The summed E-state index contributed by atoms with van der Waals surface area (Å²) in [5.41, 5.74) is 6.87. The Morgan fingerprint density at radius 1 is 1.50 bits per heavy atom. The molecule has 0 fully saturated rings. The van der Waals surface area contributed by atoms with E-state index in [9.17, 15) is 0 Å². The van der Waals surface area contributed by atoms with Gasteiger partial charge in [0.2, 0.25) is 0 Å². The first-order chi connectivity index (χ1) is 7.67. The van der Waals surface area contributed by atoms with Crippen molar-refractivity contribution in [2.24, 2.45) is 5.92 Å². The highest BCUT2D eigenvalue weighted by Gasteiger charge is 2.05. The number of rotatable bonds is 5. The van der Waals surface area contributed by atoms with Crippen molar-refractivity contribution in [2.45, 2.75) is 26.7 Å². The third-order valence-electron chi connectivity index (χ3n) is 2.44. The molecule has 3 nitrogen and oxygen atoms in total. The molecule has 0 aliphatic carbocycles. The predicted molar refractivity (Wildman–Crippen MR) is 65.1 cm³/mol. The van der Waals surface area contributed by atoms with Crippen molar-refractivity contribution in [3.8, 4) is 11.8 Å². The van der Waals surface area contributed by atoms with Gasteiger partial charge in [-0.2, -0.15) is 5.26 Å². The van der Waals surface area contributed by atoms with E-state index in [0.717, 1.165) is 12.8 Å². The lowest BCUT2D eigenvalue weighted by atomic mass is 10.1. The lowest BCUT2D eigenvalue weighted by Gasteiger charge is -2.13. The van der Waals surface area contributed by atoms with Crippen molar-refractivity contribution in [1.82, 2.24) is 0 Å². The van der Waals surface area contributed by atoms with Gasteiger partial charge >= 0.3 is 0 Å². The van der Waals surface area contributed by atoms with Crippen LogP contribution in [0.4, 0.5) is 5.69 Å². The first-order valence-electron chi connectivity index (χ1n) is 5.59. The van der Waals surface area contributed by atoms with E-state index in [1.165, 1.54) is 0 Å². The summed E-state index contributed by atoms with van der Waals surface area (Å²) in [4.78, 5) is 0. The van der Waals surface area contributed by atoms with Crippen molar-refractivity contribution in [3.63, 3.8) is 0 Å². The summed E-state index contributed by atoms with van der Waals surface area (Å²) in [5.74, 6) is 1.20. The highest BCUT2D eigenvalue weighted by molar-refractivity contribution is 5.56. The second-order valence-electron chi connectivity index (χ2n) is 4.07. The molecule has 2 N–H and O–H groups in total. The number of nitrogens with two attached hydrogens (primary N) is 1. The zero-order valence-electron chi connectivity index (χ0n) is 9.86. The molecule has 3 heteroatoms. The average Bonchev–Trinajstić information content (AvgIpc) is 2.27. The normalized spacial score (nSPS) is 11.8. The van der Waals surface area contributed by atoms with E-state index in [0.29, 0.717) is 29.5 Å². The Bertz CT molecular complexity index is 382. The Morgan fingerprint density at radius 3 is 2.81 bits per heavy atom. The number of anilines is 1. The molecule has 0 amide bonds. The highest BCUT2D eigenvalue weighted by atomic mass is 16.5. The van der Waals surface area contributed by atoms with Crippen LogP contribution in [-0.2, 0) is 0 Å². The van der Waals surface area contributed by atoms with Crippen LogP contribution in [0.15, 0.2) is 18.2 Å². The standard InChI is InChI=1S/C13H18N2O/c1-3-4-10(2)9-16-13-6-5-11(8-14)7-12(13)15/h5-7,10H,3-4,9,15H2,1-2H3. The number of nitriles is 1. The largest absolute Gasteiger partial charge is 0.491 e. The Kier molecular flexibility index (Phi) is 4.65. The number of hydrogen-bond donors (Lipinski definition) is 1. The van der Waals surface area contributed by atoms with Crippen molar-refractivity contribution in [2.75, 3.05) is 12.3 Å². The highest BCUT2D eigenvalue weighted by Crippen LogP contribution is 2.23. The Balaban J connectivity index is 2.58. The maximum absolute atomic E-state index is 8.69. The van der Waals surface area contributed by atoms with Crippen LogP contribution >= 0.6 is 0 Å². The Hall–Kier alpha value is -1.69. The van der Waals surface area contributed by atoms with Crippen LogP contribution in [-0.4, -0.2) is 6.61 Å². The van der Waals surface area contributed by atoms with Gasteiger partial charge in [0.15, 0.2) is 0 Å². The first-order valence-corrected chi connectivity index (χ1v) is 5.59. The summed E-state index contributed by atoms with van der Waals surface area (Å²) >= 11 is 0. The molecule has 1 unspecified atom stereocenters. The summed E-state index contributed by atoms with van der Waals surface area (Å²) in [6.07, 6.45) is 2.31. The van der Waals surface area contributed by atoms with Gasteiger partial charge in [-0.15, -0.1) is 0 Å². The van der Waals surface area contributed by atoms with Crippen LogP contribution in [0, 0.1) is 17.2 Å². The molecular formula is C13H18N2O. The van der Waals surface area contributed by atoms with Crippen molar-refractivity contribution >= 4 is 5.69 Å². The van der Waals surface area contributed by atoms with E-state index < -0.39 is 0 Å². The van der Waals surface area contributed by atoms with Gasteiger partial charge < -0.3 is 10.5 Å². The fourth-order valence-corrected chi connectivity index (χ4v) is 1.56. The van der Waals surface area contributed by atoms with Gasteiger partial charge in [0.1, 0.15) is 5.75 Å². The van der Waals surface area contributed by atoms with E-state index >= 15 is 0 Å². The molecule has 0 heterocycles. The van der Waals surface area contributed by atoms with Gasteiger partial charge in [-0.05, 0) is 30.5 Å². The number of hydrogen-bond acceptors (Lipinski definition) is 3. The lowest BCUT2D eigenvalue weighted by Crippen LogP contribution is -2.09. The third-order valence-corrected chi connectivity index (χ3v) is 2.44. The summed E-state index contributed by atoms with van der Waals surface area (Å²) in [6, 6.07) is 7.16. The molecule has 16 heavy (non-hydrogen) atoms. The molecule has 0 saturated heterocycles. The van der Waals surface area contributed by atoms with Crippen LogP contribution in [0.5, 0.6) is 5.75 Å². The molecule has 1 aromatic carbocycles. The number of nitrogens with zero attached hydrogens (tertiary/aromatic N) is 1. The fourth-order valence-electron chi connectivity index (χ4n) is 1.56. The molecule has 86 valence electrons. The second kappa shape index (κ2) is 6.02. The SMILES string of the molecule is CCCC(C)COc1ccc(C#N)cc1N. The van der Waals surface area contributed by atoms with Gasteiger partial charge in [0.25, 0.3) is 0 Å². The molecule has 0 radical (unpaired) electrons. The fraction of sp³-hybridized carbons (Fsp3) is 0.462. The van der Waals surface area contributed by atoms with E-state index in [4.69, 9.17) is 15.7 Å². The molecule has 1 atom stereocenters. The number of nitrogen functional groups attached to an aromatic ring is 1. The van der Waals surface area contributed by atoms with Gasteiger partial charge in [-0.3, -0.25) is 0 Å². The predicted octanol–water partition coefficient (Wildman–Crippen LogP) is 2.96. The zero-order chi connectivity index (χ0) is 12.0. The average molecular weight is 218 g/mol. The van der Waals surface area contributed by atoms with Crippen LogP contribution < -0.4 is 10.5 Å². The summed E-state index contributed by atoms with van der Waals surface area (Å²) in [5, 5.41) is 8.69. The maximum atomic E-state index is 8.69. The molecular weight excluding hydrogens is 200 g/mol. The van der Waals surface area contributed by atoms with Gasteiger partial charge in [0.05, 0.1) is 23.9 Å². The van der Waals surface area contributed by atoms with Gasteiger partial charge in [-0.25, -0.2) is 0 Å². The molecule has 0 spiro atoms. The number of benzene rings is 1. The van der Waals surface area contributed by atoms with Crippen LogP contribution in [0.1, 0.15) is 32.3 Å². The quantitative estimate of drug-likeness (QED) is 0.773. The number of ether oxygens (including phenoxy) is 1. The molecule has 0 saturated carbocycles. The van der Waals surface area contributed by atoms with Crippen molar-refractivity contribution < 1.29 is 4.74 Å². The minimum Gasteiger partial charge on any atom is -0.491 e. The Morgan fingerprint density at radius 2 is 2.25 bits per heavy atom. The third kappa shape index (κ3) is 3.47. The molecule has 1 rings (SSSR count). The minimum absolute atomic E-state index is 0.528. The molecule has 0 bridgehead atoms. The second-order valence-corrected chi connectivity index (χ2v) is 4.07. The van der Waals surface area contributed by atoms with E-state index in [1.807, 2.05) is 6.07 Å². The van der Waals surface area contributed by atoms with E-state index in [-0.39, 0.29) is 0 Å². The first kappa shape index (κ1) is 12.4. The van der Waals surface area contributed by atoms with Gasteiger partial charge in [0, 0.05) is 0 Å². The molecule has 1 aromatic rings. The summed E-state index contributed by atoms with van der Waals surface area (Å²) < 4.78 is 5.62. The van der Waals surface area contributed by atoms with E-state index in [2.05, 4.69) is 13.8 Å². The smallest absolute Gasteiger partial charge is 0.142 e. The zero-order valence-corrected chi connectivity index (χ0v) is 9.86.